The van der Waals surface area contributed by atoms with Crippen molar-refractivity contribution in [1.29, 1.82) is 0 Å². The van der Waals surface area contributed by atoms with Crippen LogP contribution in [0.3, 0.4) is 0 Å². The van der Waals surface area contributed by atoms with Crippen LogP contribution in [0.4, 0.5) is 0 Å². The van der Waals surface area contributed by atoms with Crippen LogP contribution in [0.1, 0.15) is 19.4 Å². The number of hydrogen-bond acceptors (Lipinski definition) is 4. The van der Waals surface area contributed by atoms with Gasteiger partial charge in [0.2, 0.25) is 0 Å². The maximum Gasteiger partial charge on any atom is 0.164 e. The first-order chi connectivity index (χ1) is 12.8. The van der Waals surface area contributed by atoms with Gasteiger partial charge in [-0.05, 0) is 12.5 Å². The van der Waals surface area contributed by atoms with Crippen molar-refractivity contribution in [3.05, 3.63) is 61.3 Å². The number of hydrogen-bond donors (Lipinski definition) is 0. The number of benzene rings is 1. The van der Waals surface area contributed by atoms with E-state index in [9.17, 15) is 0 Å². The Morgan fingerprint density at radius 1 is 1.12 bits per heavy atom. The van der Waals surface area contributed by atoms with Crippen molar-refractivity contribution in [2.75, 3.05) is 13.7 Å². The molecule has 0 saturated heterocycles. The average Bonchev–Trinajstić information content (AvgIpc) is 3.30. The first-order valence-corrected chi connectivity index (χ1v) is 8.73. The predicted molar refractivity (Wildman–Crippen MR) is 101 cm³/mol. The van der Waals surface area contributed by atoms with Crippen LogP contribution >= 0.6 is 0 Å². The molecule has 0 amide bonds. The Balaban J connectivity index is 1.96. The molecule has 0 bridgehead atoms. The largest absolute Gasteiger partial charge is 0.383 e. The van der Waals surface area contributed by atoms with Crippen LogP contribution in [0.25, 0.3) is 28.2 Å². The van der Waals surface area contributed by atoms with Crippen molar-refractivity contribution in [1.82, 2.24) is 24.1 Å². The molecule has 1 aromatic carbocycles. The summed E-state index contributed by atoms with van der Waals surface area (Å²) in [5, 5.41) is 4.46. The Bertz CT molecular complexity index is 1010. The zero-order valence-corrected chi connectivity index (χ0v) is 14.9. The van der Waals surface area contributed by atoms with Crippen LogP contribution in [0.15, 0.2) is 61.3 Å². The fraction of sp³-hybridized carbons (Fsp3) is 0.250. The highest BCUT2D eigenvalue weighted by Gasteiger charge is 2.22. The molecule has 26 heavy (non-hydrogen) atoms. The monoisotopic (exact) mass is 347 g/mol. The molecule has 0 aliphatic carbocycles. The van der Waals surface area contributed by atoms with Crippen LogP contribution in [0.5, 0.6) is 0 Å². The molecule has 0 spiro atoms. The maximum atomic E-state index is 5.44. The van der Waals surface area contributed by atoms with Gasteiger partial charge in [0.05, 0.1) is 42.1 Å². The fourth-order valence-corrected chi connectivity index (χ4v) is 3.29. The first-order valence-electron chi connectivity index (χ1n) is 8.73. The van der Waals surface area contributed by atoms with E-state index in [1.165, 1.54) is 0 Å². The van der Waals surface area contributed by atoms with Crippen molar-refractivity contribution in [2.45, 2.75) is 19.4 Å². The molecule has 0 aliphatic rings. The van der Waals surface area contributed by atoms with Gasteiger partial charge >= 0.3 is 0 Å². The highest BCUT2D eigenvalue weighted by molar-refractivity contribution is 5.85. The summed E-state index contributed by atoms with van der Waals surface area (Å²) in [5.41, 5.74) is 4.81. The first kappa shape index (κ1) is 16.5. The smallest absolute Gasteiger partial charge is 0.164 e. The molecule has 3 aromatic heterocycles. The van der Waals surface area contributed by atoms with E-state index in [0.717, 1.165) is 34.6 Å². The fourth-order valence-electron chi connectivity index (χ4n) is 3.29. The Hall–Kier alpha value is -2.99. The molecular formula is C20H21N5O. The van der Waals surface area contributed by atoms with Gasteiger partial charge in [-0.25, -0.2) is 14.5 Å². The number of aromatic nitrogens is 5. The van der Waals surface area contributed by atoms with Crippen molar-refractivity contribution in [2.24, 2.45) is 0 Å². The number of imidazole rings is 1. The molecule has 0 fully saturated rings. The molecule has 4 rings (SSSR count). The SMILES string of the molecule is CCC(COC)n1cnc(-c2ccccc2)c1-c1cnn2cccnc12. The van der Waals surface area contributed by atoms with Gasteiger partial charge in [-0.2, -0.15) is 5.10 Å². The van der Waals surface area contributed by atoms with Gasteiger partial charge in [0.25, 0.3) is 0 Å². The Morgan fingerprint density at radius 2 is 1.96 bits per heavy atom. The molecule has 0 saturated carbocycles. The lowest BCUT2D eigenvalue weighted by atomic mass is 10.1. The zero-order chi connectivity index (χ0) is 17.9. The second-order valence-corrected chi connectivity index (χ2v) is 6.18. The summed E-state index contributed by atoms with van der Waals surface area (Å²) in [6.45, 7) is 2.78. The summed E-state index contributed by atoms with van der Waals surface area (Å²) >= 11 is 0. The van der Waals surface area contributed by atoms with E-state index in [1.807, 2.05) is 43.0 Å². The van der Waals surface area contributed by atoms with Gasteiger partial charge in [-0.1, -0.05) is 37.3 Å². The number of nitrogens with zero attached hydrogens (tertiary/aromatic N) is 5. The molecule has 0 N–H and O–H groups in total. The molecule has 6 nitrogen and oxygen atoms in total. The zero-order valence-electron chi connectivity index (χ0n) is 14.9. The molecule has 3 heterocycles. The summed E-state index contributed by atoms with van der Waals surface area (Å²) in [4.78, 5) is 9.28. The summed E-state index contributed by atoms with van der Waals surface area (Å²) in [7, 11) is 1.73. The number of methoxy groups -OCH3 is 1. The van der Waals surface area contributed by atoms with E-state index >= 15 is 0 Å². The van der Waals surface area contributed by atoms with E-state index < -0.39 is 0 Å². The minimum absolute atomic E-state index is 0.193. The lowest BCUT2D eigenvalue weighted by Gasteiger charge is -2.19. The van der Waals surface area contributed by atoms with Crippen LogP contribution in [-0.2, 0) is 4.74 Å². The quantitative estimate of drug-likeness (QED) is 0.531. The third kappa shape index (κ3) is 2.78. The molecule has 6 heteroatoms. The van der Waals surface area contributed by atoms with Gasteiger partial charge in [0, 0.05) is 25.1 Å². The minimum Gasteiger partial charge on any atom is -0.383 e. The molecule has 4 aromatic rings. The van der Waals surface area contributed by atoms with Crippen molar-refractivity contribution < 1.29 is 4.74 Å². The van der Waals surface area contributed by atoms with Gasteiger partial charge in [0.1, 0.15) is 0 Å². The summed E-state index contributed by atoms with van der Waals surface area (Å²) in [6.07, 6.45) is 8.40. The summed E-state index contributed by atoms with van der Waals surface area (Å²) in [5.74, 6) is 0. The summed E-state index contributed by atoms with van der Waals surface area (Å²) in [6, 6.07) is 12.3. The normalized spacial score (nSPS) is 12.5. The number of rotatable bonds is 6. The summed E-state index contributed by atoms with van der Waals surface area (Å²) < 4.78 is 9.42. The van der Waals surface area contributed by atoms with Gasteiger partial charge in [-0.15, -0.1) is 0 Å². The van der Waals surface area contributed by atoms with Crippen LogP contribution in [0.2, 0.25) is 0 Å². The Morgan fingerprint density at radius 3 is 2.73 bits per heavy atom. The number of fused-ring (bicyclic) bond motifs is 1. The Kier molecular flexibility index (Phi) is 4.50. The average molecular weight is 347 g/mol. The second-order valence-electron chi connectivity index (χ2n) is 6.18. The third-order valence-corrected chi connectivity index (χ3v) is 4.60. The number of ether oxygens (including phenoxy) is 1. The predicted octanol–water partition coefficient (Wildman–Crippen LogP) is 3.86. The van der Waals surface area contributed by atoms with Gasteiger partial charge in [0.15, 0.2) is 5.65 Å². The van der Waals surface area contributed by atoms with Crippen LogP contribution in [-0.4, -0.2) is 37.9 Å². The maximum absolute atomic E-state index is 5.44. The van der Waals surface area contributed by atoms with Crippen molar-refractivity contribution in [3.8, 4) is 22.5 Å². The molecule has 132 valence electrons. The molecule has 0 aliphatic heterocycles. The highest BCUT2D eigenvalue weighted by atomic mass is 16.5. The Labute approximate surface area is 152 Å². The highest BCUT2D eigenvalue weighted by Crippen LogP contribution is 2.35. The second kappa shape index (κ2) is 7.09. The van der Waals surface area contributed by atoms with E-state index in [0.29, 0.717) is 6.61 Å². The molecular weight excluding hydrogens is 326 g/mol. The third-order valence-electron chi connectivity index (χ3n) is 4.60. The van der Waals surface area contributed by atoms with Crippen molar-refractivity contribution >= 4 is 5.65 Å². The minimum atomic E-state index is 0.193. The van der Waals surface area contributed by atoms with Gasteiger partial charge < -0.3 is 9.30 Å². The van der Waals surface area contributed by atoms with Crippen LogP contribution in [0, 0.1) is 0 Å². The van der Waals surface area contributed by atoms with Gasteiger partial charge in [-0.3, -0.25) is 0 Å². The lowest BCUT2D eigenvalue weighted by Crippen LogP contribution is -2.14. The van der Waals surface area contributed by atoms with E-state index in [1.54, 1.807) is 17.8 Å². The molecule has 1 unspecified atom stereocenters. The van der Waals surface area contributed by atoms with E-state index in [4.69, 9.17) is 9.72 Å². The van der Waals surface area contributed by atoms with Crippen molar-refractivity contribution in [3.63, 3.8) is 0 Å². The lowest BCUT2D eigenvalue weighted by molar-refractivity contribution is 0.154. The molecule has 1 atom stereocenters. The van der Waals surface area contributed by atoms with E-state index in [-0.39, 0.29) is 6.04 Å². The van der Waals surface area contributed by atoms with E-state index in [2.05, 4.69) is 33.7 Å². The molecule has 0 radical (unpaired) electrons. The topological polar surface area (TPSA) is 57.2 Å². The van der Waals surface area contributed by atoms with Crippen LogP contribution < -0.4 is 0 Å². The standard InChI is InChI=1S/C20H21N5O/c1-3-16(13-26-2)24-14-22-18(15-8-5-4-6-9-15)19(24)17-12-23-25-11-7-10-21-20(17)25/h4-12,14,16H,3,13H2,1-2H3.